The highest BCUT2D eigenvalue weighted by molar-refractivity contribution is 7.16. The summed E-state index contributed by atoms with van der Waals surface area (Å²) in [5, 5.41) is 7.67. The van der Waals surface area contributed by atoms with E-state index in [0.29, 0.717) is 27.3 Å². The zero-order valence-electron chi connectivity index (χ0n) is 16.7. The number of amides is 2. The summed E-state index contributed by atoms with van der Waals surface area (Å²) in [4.78, 5) is 31.0. The molecule has 8 heteroatoms. The number of thiazole rings is 1. The number of fused-ring (bicyclic) bond motifs is 1. The van der Waals surface area contributed by atoms with E-state index >= 15 is 0 Å². The van der Waals surface area contributed by atoms with Gasteiger partial charge in [0.05, 0.1) is 11.6 Å². The molecule has 1 aliphatic carbocycles. The predicted octanol–water partition coefficient (Wildman–Crippen LogP) is 5.48. The van der Waals surface area contributed by atoms with Crippen molar-refractivity contribution in [1.29, 1.82) is 0 Å². The molecule has 1 aliphatic rings. The molecule has 0 spiro atoms. The first-order valence-electron chi connectivity index (χ1n) is 10.1. The SMILES string of the molecule is O=C(Nc1nc2c(s1)CCCC2C(=O)NCCc1ccc(Cl)cc1)c1ccc(Cl)cc1. The van der Waals surface area contributed by atoms with E-state index in [1.165, 1.54) is 11.3 Å². The third-order valence-electron chi connectivity index (χ3n) is 5.22. The van der Waals surface area contributed by atoms with Gasteiger partial charge in [-0.15, -0.1) is 11.3 Å². The number of nitrogens with zero attached hydrogens (tertiary/aromatic N) is 1. The van der Waals surface area contributed by atoms with Crippen LogP contribution >= 0.6 is 34.5 Å². The first-order chi connectivity index (χ1) is 15.0. The Morgan fingerprint density at radius 3 is 2.42 bits per heavy atom. The number of hydrogen-bond acceptors (Lipinski definition) is 4. The van der Waals surface area contributed by atoms with Crippen molar-refractivity contribution in [2.45, 2.75) is 31.6 Å². The standard InChI is InChI=1S/C23H21Cl2N3O2S/c24-16-8-4-14(5-9-16)12-13-26-22(30)18-2-1-3-19-20(18)27-23(31-19)28-21(29)15-6-10-17(25)11-7-15/h4-11,18H,1-3,12-13H2,(H,26,30)(H,27,28,29). The van der Waals surface area contributed by atoms with Crippen LogP contribution in [-0.4, -0.2) is 23.3 Å². The zero-order valence-corrected chi connectivity index (χ0v) is 19.0. The zero-order chi connectivity index (χ0) is 21.8. The highest BCUT2D eigenvalue weighted by atomic mass is 35.5. The van der Waals surface area contributed by atoms with Crippen molar-refractivity contribution in [1.82, 2.24) is 10.3 Å². The minimum atomic E-state index is -0.286. The van der Waals surface area contributed by atoms with Crippen molar-refractivity contribution in [2.75, 3.05) is 11.9 Å². The molecule has 0 bridgehead atoms. The summed E-state index contributed by atoms with van der Waals surface area (Å²) in [7, 11) is 0. The van der Waals surface area contributed by atoms with Crippen molar-refractivity contribution in [2.24, 2.45) is 0 Å². The summed E-state index contributed by atoms with van der Waals surface area (Å²) in [5.74, 6) is -0.547. The van der Waals surface area contributed by atoms with Crippen LogP contribution in [0.5, 0.6) is 0 Å². The Kier molecular flexibility index (Phi) is 6.90. The van der Waals surface area contributed by atoms with E-state index in [9.17, 15) is 9.59 Å². The van der Waals surface area contributed by atoms with Crippen molar-refractivity contribution in [3.63, 3.8) is 0 Å². The minimum Gasteiger partial charge on any atom is -0.355 e. The number of carbonyl (C=O) groups is 2. The number of aromatic nitrogens is 1. The highest BCUT2D eigenvalue weighted by Crippen LogP contribution is 2.37. The van der Waals surface area contributed by atoms with Crippen LogP contribution < -0.4 is 10.6 Å². The van der Waals surface area contributed by atoms with Gasteiger partial charge in [0.25, 0.3) is 5.91 Å². The fourth-order valence-electron chi connectivity index (χ4n) is 3.60. The molecule has 0 aliphatic heterocycles. The molecule has 2 N–H and O–H groups in total. The Morgan fingerprint density at radius 1 is 1.03 bits per heavy atom. The molecule has 4 rings (SSSR count). The number of benzene rings is 2. The average Bonchev–Trinajstić information content (AvgIpc) is 3.18. The van der Waals surface area contributed by atoms with Crippen molar-refractivity contribution in [3.05, 3.63) is 80.3 Å². The third-order valence-corrected chi connectivity index (χ3v) is 6.77. The van der Waals surface area contributed by atoms with Crippen LogP contribution in [-0.2, 0) is 17.6 Å². The smallest absolute Gasteiger partial charge is 0.257 e. The summed E-state index contributed by atoms with van der Waals surface area (Å²) in [6.07, 6.45) is 3.30. The monoisotopic (exact) mass is 473 g/mol. The van der Waals surface area contributed by atoms with Crippen LogP contribution in [0.3, 0.4) is 0 Å². The first kappa shape index (κ1) is 21.8. The van der Waals surface area contributed by atoms with Gasteiger partial charge in [-0.2, -0.15) is 0 Å². The summed E-state index contributed by atoms with van der Waals surface area (Å²) in [6.45, 7) is 0.552. The largest absolute Gasteiger partial charge is 0.355 e. The van der Waals surface area contributed by atoms with Crippen molar-refractivity contribution < 1.29 is 9.59 Å². The summed E-state index contributed by atoms with van der Waals surface area (Å²) < 4.78 is 0. The Balaban J connectivity index is 1.38. The Labute approximate surface area is 194 Å². The first-order valence-corrected chi connectivity index (χ1v) is 11.7. The van der Waals surface area contributed by atoms with Crippen molar-refractivity contribution in [3.8, 4) is 0 Å². The quantitative estimate of drug-likeness (QED) is 0.497. The van der Waals surface area contributed by atoms with Crippen LogP contribution in [0.1, 0.15) is 45.3 Å². The fraction of sp³-hybridized carbons (Fsp3) is 0.261. The van der Waals surface area contributed by atoms with E-state index < -0.39 is 0 Å². The van der Waals surface area contributed by atoms with E-state index in [1.54, 1.807) is 24.3 Å². The molecule has 1 atom stereocenters. The van der Waals surface area contributed by atoms with Gasteiger partial charge in [-0.1, -0.05) is 35.3 Å². The van der Waals surface area contributed by atoms with Gasteiger partial charge in [0, 0.05) is 27.0 Å². The summed E-state index contributed by atoms with van der Waals surface area (Å²) in [6, 6.07) is 14.3. The molecule has 1 heterocycles. The molecular formula is C23H21Cl2N3O2S. The van der Waals surface area contributed by atoms with Gasteiger partial charge >= 0.3 is 0 Å². The number of anilines is 1. The molecule has 0 saturated heterocycles. The molecule has 31 heavy (non-hydrogen) atoms. The Bertz CT molecular complexity index is 1080. The van der Waals surface area contributed by atoms with Gasteiger partial charge in [0.2, 0.25) is 5.91 Å². The Morgan fingerprint density at radius 2 is 1.71 bits per heavy atom. The number of hydrogen-bond donors (Lipinski definition) is 2. The maximum atomic E-state index is 12.8. The van der Waals surface area contributed by atoms with Crippen LogP contribution in [0.25, 0.3) is 0 Å². The van der Waals surface area contributed by atoms with Crippen LogP contribution in [0.15, 0.2) is 48.5 Å². The third kappa shape index (κ3) is 5.45. The van der Waals surface area contributed by atoms with Crippen LogP contribution in [0, 0.1) is 0 Å². The van der Waals surface area contributed by atoms with Gasteiger partial charge in [-0.05, 0) is 67.6 Å². The van der Waals surface area contributed by atoms with E-state index in [2.05, 4.69) is 15.6 Å². The highest BCUT2D eigenvalue weighted by Gasteiger charge is 2.30. The predicted molar refractivity (Wildman–Crippen MR) is 125 cm³/mol. The lowest BCUT2D eigenvalue weighted by Gasteiger charge is -2.20. The molecule has 0 radical (unpaired) electrons. The lowest BCUT2D eigenvalue weighted by atomic mass is 9.90. The lowest BCUT2D eigenvalue weighted by Crippen LogP contribution is -2.32. The molecular weight excluding hydrogens is 453 g/mol. The maximum absolute atomic E-state index is 12.8. The summed E-state index contributed by atoms with van der Waals surface area (Å²) in [5.41, 5.74) is 2.41. The average molecular weight is 474 g/mol. The Hall–Kier alpha value is -2.41. The van der Waals surface area contributed by atoms with Gasteiger partial charge in [-0.25, -0.2) is 4.98 Å². The molecule has 3 aromatic rings. The second-order valence-corrected chi connectivity index (χ2v) is 9.36. The maximum Gasteiger partial charge on any atom is 0.257 e. The second-order valence-electron chi connectivity index (χ2n) is 7.40. The van der Waals surface area contributed by atoms with Crippen LogP contribution in [0.4, 0.5) is 5.13 Å². The molecule has 2 aromatic carbocycles. The summed E-state index contributed by atoms with van der Waals surface area (Å²) >= 11 is 13.2. The molecule has 0 saturated carbocycles. The van der Waals surface area contributed by atoms with Crippen LogP contribution in [0.2, 0.25) is 10.0 Å². The lowest BCUT2D eigenvalue weighted by molar-refractivity contribution is -0.122. The topological polar surface area (TPSA) is 71.1 Å². The van der Waals surface area contributed by atoms with E-state index in [-0.39, 0.29) is 17.7 Å². The molecule has 160 valence electrons. The van der Waals surface area contributed by atoms with Gasteiger partial charge < -0.3 is 5.32 Å². The van der Waals surface area contributed by atoms with E-state index in [4.69, 9.17) is 23.2 Å². The van der Waals surface area contributed by atoms with Gasteiger partial charge in [-0.3, -0.25) is 14.9 Å². The van der Waals surface area contributed by atoms with Gasteiger partial charge in [0.1, 0.15) is 0 Å². The molecule has 5 nitrogen and oxygen atoms in total. The molecule has 2 amide bonds. The number of carbonyl (C=O) groups excluding carboxylic acids is 2. The molecule has 0 fully saturated rings. The number of nitrogens with one attached hydrogen (secondary N) is 2. The fourth-order valence-corrected chi connectivity index (χ4v) is 4.91. The van der Waals surface area contributed by atoms with E-state index in [1.807, 2.05) is 24.3 Å². The number of halogens is 2. The number of rotatable bonds is 6. The minimum absolute atomic E-state index is 0.0178. The second kappa shape index (κ2) is 9.81. The normalized spacial score (nSPS) is 15.2. The van der Waals surface area contributed by atoms with E-state index in [0.717, 1.165) is 41.8 Å². The van der Waals surface area contributed by atoms with Crippen molar-refractivity contribution >= 4 is 51.5 Å². The molecule has 1 aromatic heterocycles. The molecule has 1 unspecified atom stereocenters. The van der Waals surface area contributed by atoms with Gasteiger partial charge in [0.15, 0.2) is 5.13 Å². The number of aryl methyl sites for hydroxylation is 1.